The summed E-state index contributed by atoms with van der Waals surface area (Å²) in [6, 6.07) is 1.75. The Kier molecular flexibility index (Phi) is 4.39. The maximum atomic E-state index is 11.8. The second-order valence-corrected chi connectivity index (χ2v) is 4.87. The Morgan fingerprint density at radius 2 is 2.44 bits per heavy atom. The molecule has 1 aromatic rings. The predicted molar refractivity (Wildman–Crippen MR) is 68.5 cm³/mol. The van der Waals surface area contributed by atoms with Crippen molar-refractivity contribution in [2.24, 2.45) is 0 Å². The molecule has 0 saturated carbocycles. The SMILES string of the molecule is C#CCC(CC)NC(=O)c1cc(N)c(C)s1. The lowest BCUT2D eigenvalue weighted by atomic mass is 10.1. The van der Waals surface area contributed by atoms with E-state index >= 15 is 0 Å². The first-order valence-electron chi connectivity index (χ1n) is 5.18. The molecule has 4 heteroatoms. The third kappa shape index (κ3) is 3.01. The lowest BCUT2D eigenvalue weighted by Crippen LogP contribution is -2.33. The Morgan fingerprint density at radius 1 is 1.75 bits per heavy atom. The van der Waals surface area contributed by atoms with Gasteiger partial charge in [0.1, 0.15) is 0 Å². The van der Waals surface area contributed by atoms with Crippen LogP contribution in [0.5, 0.6) is 0 Å². The molecular weight excluding hydrogens is 220 g/mol. The fourth-order valence-corrected chi connectivity index (χ4v) is 2.15. The highest BCUT2D eigenvalue weighted by atomic mass is 32.1. The third-order valence-electron chi connectivity index (χ3n) is 2.37. The molecule has 3 nitrogen and oxygen atoms in total. The first-order chi connectivity index (χ1) is 7.58. The smallest absolute Gasteiger partial charge is 0.261 e. The molecule has 0 radical (unpaired) electrons. The number of nitrogens with one attached hydrogen (secondary N) is 1. The zero-order valence-corrected chi connectivity index (χ0v) is 10.4. The number of terminal acetylenes is 1. The molecule has 0 aromatic carbocycles. The Labute approximate surface area is 100 Å². The predicted octanol–water partition coefficient (Wildman–Crippen LogP) is 2.17. The Bertz CT molecular complexity index is 398. The number of carbonyl (C=O) groups excluding carboxylic acids is 1. The monoisotopic (exact) mass is 236 g/mol. The Hall–Kier alpha value is -1.47. The van der Waals surface area contributed by atoms with Crippen LogP contribution in [-0.4, -0.2) is 11.9 Å². The van der Waals surface area contributed by atoms with Crippen LogP contribution in [0, 0.1) is 19.3 Å². The molecule has 0 spiro atoms. The molecule has 0 aliphatic carbocycles. The highest BCUT2D eigenvalue weighted by Gasteiger charge is 2.14. The van der Waals surface area contributed by atoms with Crippen molar-refractivity contribution in [1.82, 2.24) is 5.32 Å². The standard InChI is InChI=1S/C12H16N2OS/c1-4-6-9(5-2)14-12(15)11-7-10(13)8(3)16-11/h1,7,9H,5-6,13H2,2-3H3,(H,14,15). The minimum absolute atomic E-state index is 0.0427. The molecule has 86 valence electrons. The summed E-state index contributed by atoms with van der Waals surface area (Å²) < 4.78 is 0. The first kappa shape index (κ1) is 12.6. The maximum Gasteiger partial charge on any atom is 0.261 e. The normalized spacial score (nSPS) is 11.8. The van der Waals surface area contributed by atoms with Gasteiger partial charge in [-0.3, -0.25) is 4.79 Å². The summed E-state index contributed by atoms with van der Waals surface area (Å²) >= 11 is 1.40. The highest BCUT2D eigenvalue weighted by molar-refractivity contribution is 7.14. The van der Waals surface area contributed by atoms with Gasteiger partial charge in [0.05, 0.1) is 4.88 Å². The van der Waals surface area contributed by atoms with Gasteiger partial charge in [-0.1, -0.05) is 6.92 Å². The van der Waals surface area contributed by atoms with Gasteiger partial charge in [-0.2, -0.15) is 0 Å². The summed E-state index contributed by atoms with van der Waals surface area (Å²) in [5, 5.41) is 2.90. The first-order valence-corrected chi connectivity index (χ1v) is 6.00. The van der Waals surface area contributed by atoms with Gasteiger partial charge in [0.15, 0.2) is 0 Å². The second kappa shape index (κ2) is 5.57. The summed E-state index contributed by atoms with van der Waals surface area (Å²) in [5.41, 5.74) is 6.37. The topological polar surface area (TPSA) is 55.1 Å². The molecule has 16 heavy (non-hydrogen) atoms. The third-order valence-corrected chi connectivity index (χ3v) is 3.44. The van der Waals surface area contributed by atoms with E-state index in [1.165, 1.54) is 11.3 Å². The van der Waals surface area contributed by atoms with E-state index in [1.807, 2.05) is 13.8 Å². The molecule has 0 fully saturated rings. The fourth-order valence-electron chi connectivity index (χ4n) is 1.30. The van der Waals surface area contributed by atoms with Crippen LogP contribution < -0.4 is 11.1 Å². The Balaban J connectivity index is 2.68. The second-order valence-electron chi connectivity index (χ2n) is 3.61. The van der Waals surface area contributed by atoms with Crippen LogP contribution in [0.3, 0.4) is 0 Å². The van der Waals surface area contributed by atoms with E-state index in [0.717, 1.165) is 11.3 Å². The van der Waals surface area contributed by atoms with Crippen molar-refractivity contribution < 1.29 is 4.79 Å². The number of nitrogens with two attached hydrogens (primary N) is 1. The number of hydrogen-bond donors (Lipinski definition) is 2. The van der Waals surface area contributed by atoms with Gasteiger partial charge in [0.2, 0.25) is 0 Å². The quantitative estimate of drug-likeness (QED) is 0.787. The van der Waals surface area contributed by atoms with E-state index in [-0.39, 0.29) is 11.9 Å². The van der Waals surface area contributed by atoms with Crippen molar-refractivity contribution in [3.63, 3.8) is 0 Å². The average Bonchev–Trinajstić information content (AvgIpc) is 2.58. The number of aryl methyl sites for hydroxylation is 1. The van der Waals surface area contributed by atoms with Crippen LogP contribution >= 0.6 is 11.3 Å². The number of amides is 1. The van der Waals surface area contributed by atoms with Crippen molar-refractivity contribution in [1.29, 1.82) is 0 Å². The van der Waals surface area contributed by atoms with Gasteiger partial charge < -0.3 is 11.1 Å². The molecule has 1 heterocycles. The van der Waals surface area contributed by atoms with Crippen LogP contribution in [0.1, 0.15) is 34.3 Å². The molecule has 0 bridgehead atoms. The lowest BCUT2D eigenvalue weighted by Gasteiger charge is -2.12. The number of anilines is 1. The molecule has 0 saturated heterocycles. The molecular formula is C12H16N2OS. The van der Waals surface area contributed by atoms with Crippen LogP contribution in [-0.2, 0) is 0 Å². The maximum absolute atomic E-state index is 11.8. The number of nitrogen functional groups attached to an aromatic ring is 1. The number of rotatable bonds is 4. The van der Waals surface area contributed by atoms with E-state index in [4.69, 9.17) is 12.2 Å². The molecule has 3 N–H and O–H groups in total. The fraction of sp³-hybridized carbons (Fsp3) is 0.417. The molecule has 1 unspecified atom stereocenters. The van der Waals surface area contributed by atoms with Crippen molar-refractivity contribution in [2.75, 3.05) is 5.73 Å². The van der Waals surface area contributed by atoms with Gasteiger partial charge in [-0.05, 0) is 19.4 Å². The summed E-state index contributed by atoms with van der Waals surface area (Å²) in [6.45, 7) is 3.89. The van der Waals surface area contributed by atoms with E-state index < -0.39 is 0 Å². The molecule has 1 atom stereocenters. The minimum atomic E-state index is -0.0908. The lowest BCUT2D eigenvalue weighted by molar-refractivity contribution is 0.0941. The minimum Gasteiger partial charge on any atom is -0.398 e. The van der Waals surface area contributed by atoms with Gasteiger partial charge in [0, 0.05) is 23.0 Å². The number of thiophene rings is 1. The van der Waals surface area contributed by atoms with E-state index in [2.05, 4.69) is 11.2 Å². The van der Waals surface area contributed by atoms with Gasteiger partial charge >= 0.3 is 0 Å². The van der Waals surface area contributed by atoms with Crippen molar-refractivity contribution in [3.8, 4) is 12.3 Å². The van der Waals surface area contributed by atoms with Gasteiger partial charge in [0.25, 0.3) is 5.91 Å². The van der Waals surface area contributed by atoms with Crippen LogP contribution in [0.15, 0.2) is 6.07 Å². The van der Waals surface area contributed by atoms with Crippen LogP contribution in [0.2, 0.25) is 0 Å². The average molecular weight is 236 g/mol. The van der Waals surface area contributed by atoms with E-state index in [0.29, 0.717) is 17.0 Å². The van der Waals surface area contributed by atoms with Crippen LogP contribution in [0.25, 0.3) is 0 Å². The number of carbonyl (C=O) groups is 1. The van der Waals surface area contributed by atoms with Crippen LogP contribution in [0.4, 0.5) is 5.69 Å². The Morgan fingerprint density at radius 3 is 2.88 bits per heavy atom. The van der Waals surface area contributed by atoms with E-state index in [1.54, 1.807) is 6.07 Å². The summed E-state index contributed by atoms with van der Waals surface area (Å²) in [4.78, 5) is 13.4. The molecule has 0 aliphatic rings. The van der Waals surface area contributed by atoms with Gasteiger partial charge in [-0.15, -0.1) is 23.7 Å². The van der Waals surface area contributed by atoms with Crippen molar-refractivity contribution in [3.05, 3.63) is 15.8 Å². The van der Waals surface area contributed by atoms with Crippen molar-refractivity contribution in [2.45, 2.75) is 32.7 Å². The molecule has 1 aromatic heterocycles. The molecule has 1 rings (SSSR count). The van der Waals surface area contributed by atoms with E-state index in [9.17, 15) is 4.79 Å². The zero-order chi connectivity index (χ0) is 12.1. The summed E-state index contributed by atoms with van der Waals surface area (Å²) in [5.74, 6) is 2.47. The molecule has 1 amide bonds. The summed E-state index contributed by atoms with van der Waals surface area (Å²) in [6.07, 6.45) is 6.62. The zero-order valence-electron chi connectivity index (χ0n) is 9.54. The summed E-state index contributed by atoms with van der Waals surface area (Å²) in [7, 11) is 0. The largest absolute Gasteiger partial charge is 0.398 e. The van der Waals surface area contributed by atoms with Crippen molar-refractivity contribution >= 4 is 22.9 Å². The van der Waals surface area contributed by atoms with Gasteiger partial charge in [-0.25, -0.2) is 0 Å². The number of hydrogen-bond acceptors (Lipinski definition) is 3. The molecule has 0 aliphatic heterocycles. The highest BCUT2D eigenvalue weighted by Crippen LogP contribution is 2.23.